The molecule has 2 aliphatic rings. The predicted octanol–water partition coefficient (Wildman–Crippen LogP) is 5.79. The molecule has 0 N–H and O–H groups in total. The topological polar surface area (TPSA) is 77.5 Å². The summed E-state index contributed by atoms with van der Waals surface area (Å²) in [5.74, 6) is 1.41. The van der Waals surface area contributed by atoms with E-state index in [1.165, 1.54) is 0 Å². The molecule has 2 saturated heterocycles. The maximum absolute atomic E-state index is 14.0. The number of hydrogen-bond donors (Lipinski definition) is 0. The van der Waals surface area contributed by atoms with Crippen molar-refractivity contribution in [1.29, 1.82) is 0 Å². The number of Topliss-reactive ketones (excluding diaryl/α,β-unsaturated/α-hetero) is 2. The molecular formula is C36H52N2O6. The van der Waals surface area contributed by atoms with E-state index in [1.54, 1.807) is 0 Å². The number of hydrogen-bond acceptors (Lipinski definition) is 8. The molecule has 0 bridgehead atoms. The number of unbranched alkanes of at least 4 members (excludes halogenated alkanes) is 2. The minimum Gasteiger partial charge on any atom is -0.494 e. The number of ketones is 2. The lowest BCUT2D eigenvalue weighted by Crippen LogP contribution is -2.42. The van der Waals surface area contributed by atoms with Crippen molar-refractivity contribution in [3.8, 4) is 11.5 Å². The molecule has 44 heavy (non-hydrogen) atoms. The van der Waals surface area contributed by atoms with Gasteiger partial charge in [0.1, 0.15) is 11.5 Å². The van der Waals surface area contributed by atoms with Gasteiger partial charge in [0.05, 0.1) is 39.6 Å². The Kier molecular flexibility index (Phi) is 14.6. The van der Waals surface area contributed by atoms with E-state index >= 15 is 0 Å². The summed E-state index contributed by atoms with van der Waals surface area (Å²) in [5, 5.41) is 0. The van der Waals surface area contributed by atoms with E-state index in [2.05, 4.69) is 23.6 Å². The van der Waals surface area contributed by atoms with Crippen LogP contribution in [0.15, 0.2) is 48.5 Å². The summed E-state index contributed by atoms with van der Waals surface area (Å²) in [6.07, 6.45) is 5.45. The summed E-state index contributed by atoms with van der Waals surface area (Å²) in [7, 11) is 0. The van der Waals surface area contributed by atoms with Crippen LogP contribution in [0.3, 0.4) is 0 Å². The molecular weight excluding hydrogens is 556 g/mol. The highest BCUT2D eigenvalue weighted by Crippen LogP contribution is 2.25. The molecule has 4 rings (SSSR count). The molecule has 0 spiro atoms. The van der Waals surface area contributed by atoms with E-state index in [0.29, 0.717) is 76.7 Å². The van der Waals surface area contributed by atoms with Crippen LogP contribution in [0.5, 0.6) is 11.5 Å². The number of carbonyl (C=O) groups is 2. The molecule has 2 atom stereocenters. The quantitative estimate of drug-likeness (QED) is 0.147. The third-order valence-electron chi connectivity index (χ3n) is 8.58. The van der Waals surface area contributed by atoms with Crippen LogP contribution >= 0.6 is 0 Å². The summed E-state index contributed by atoms with van der Waals surface area (Å²) in [6, 6.07) is 15.1. The van der Waals surface area contributed by atoms with Gasteiger partial charge in [-0.25, -0.2) is 0 Å². The minimum atomic E-state index is -0.214. The Balaban J connectivity index is 1.47. The van der Waals surface area contributed by atoms with Crippen molar-refractivity contribution >= 4 is 11.6 Å². The van der Waals surface area contributed by atoms with E-state index in [0.717, 1.165) is 63.4 Å². The Bertz CT molecular complexity index is 1020. The maximum Gasteiger partial charge on any atom is 0.167 e. The SMILES string of the molecule is CCCCOc1ccc(C(=O)[C@@H](CC[C@@H](CN2CCOCC2)C(=O)c2ccc(OCCCC)cc2)CN2CCOCC2)cc1. The fourth-order valence-electron chi connectivity index (χ4n) is 5.77. The van der Waals surface area contributed by atoms with Gasteiger partial charge >= 0.3 is 0 Å². The van der Waals surface area contributed by atoms with Crippen molar-refractivity contribution in [2.45, 2.75) is 52.4 Å². The van der Waals surface area contributed by atoms with Crippen molar-refractivity contribution < 1.29 is 28.5 Å². The van der Waals surface area contributed by atoms with Crippen LogP contribution in [0.1, 0.15) is 73.1 Å². The smallest absolute Gasteiger partial charge is 0.167 e. The molecule has 0 amide bonds. The minimum absolute atomic E-state index is 0.128. The largest absolute Gasteiger partial charge is 0.494 e. The van der Waals surface area contributed by atoms with Gasteiger partial charge in [0.2, 0.25) is 0 Å². The standard InChI is InChI=1S/C36H52N2O6/c1-3-5-21-43-33-13-9-29(10-14-33)35(39)31(27-37-17-23-41-24-18-37)7-8-32(28-38-19-25-42-26-20-38)36(40)30-11-15-34(16-12-30)44-22-6-4-2/h9-16,31-32H,3-8,17-28H2,1-2H3/t31-,32-/m0/s1. The van der Waals surface area contributed by atoms with E-state index in [9.17, 15) is 9.59 Å². The zero-order valence-corrected chi connectivity index (χ0v) is 26.8. The van der Waals surface area contributed by atoms with Crippen LogP contribution in [-0.2, 0) is 9.47 Å². The fraction of sp³-hybridized carbons (Fsp3) is 0.611. The second kappa shape index (κ2) is 18.9. The highest BCUT2D eigenvalue weighted by molar-refractivity contribution is 5.99. The van der Waals surface area contributed by atoms with E-state index < -0.39 is 0 Å². The third kappa shape index (κ3) is 11.0. The highest BCUT2D eigenvalue weighted by atomic mass is 16.5. The maximum atomic E-state index is 14.0. The zero-order chi connectivity index (χ0) is 31.0. The molecule has 0 aromatic heterocycles. The van der Waals surface area contributed by atoms with Crippen LogP contribution in [0.25, 0.3) is 0 Å². The molecule has 2 fully saturated rings. The Labute approximate surface area is 264 Å². The summed E-state index contributed by atoms with van der Waals surface area (Å²) < 4.78 is 22.8. The van der Waals surface area contributed by atoms with Gasteiger partial charge in [0, 0.05) is 62.2 Å². The Morgan fingerprint density at radius 1 is 0.636 bits per heavy atom. The first-order chi connectivity index (χ1) is 21.6. The van der Waals surface area contributed by atoms with E-state index in [4.69, 9.17) is 18.9 Å². The van der Waals surface area contributed by atoms with Gasteiger partial charge in [-0.3, -0.25) is 19.4 Å². The molecule has 0 aliphatic carbocycles. The Hall–Kier alpha value is -2.78. The number of benzene rings is 2. The molecule has 8 heteroatoms. The lowest BCUT2D eigenvalue weighted by atomic mass is 9.86. The highest BCUT2D eigenvalue weighted by Gasteiger charge is 2.29. The monoisotopic (exact) mass is 608 g/mol. The lowest BCUT2D eigenvalue weighted by Gasteiger charge is -2.32. The molecule has 0 unspecified atom stereocenters. The molecule has 2 aliphatic heterocycles. The van der Waals surface area contributed by atoms with Gasteiger partial charge < -0.3 is 18.9 Å². The number of carbonyl (C=O) groups excluding carboxylic acids is 2. The first kappa shape index (κ1) is 34.1. The van der Waals surface area contributed by atoms with Crippen LogP contribution in [0.2, 0.25) is 0 Å². The molecule has 242 valence electrons. The van der Waals surface area contributed by atoms with Gasteiger partial charge in [-0.1, -0.05) is 26.7 Å². The Morgan fingerprint density at radius 3 is 1.34 bits per heavy atom. The molecule has 0 radical (unpaired) electrons. The third-order valence-corrected chi connectivity index (χ3v) is 8.58. The van der Waals surface area contributed by atoms with Crippen LogP contribution in [0.4, 0.5) is 0 Å². The summed E-state index contributed by atoms with van der Waals surface area (Å²) >= 11 is 0. The second-order valence-corrected chi connectivity index (χ2v) is 12.0. The normalized spacial score (nSPS) is 17.6. The fourth-order valence-corrected chi connectivity index (χ4v) is 5.77. The predicted molar refractivity (Wildman–Crippen MR) is 173 cm³/mol. The number of morpholine rings is 2. The van der Waals surface area contributed by atoms with E-state index in [1.807, 2.05) is 48.5 Å². The van der Waals surface area contributed by atoms with Crippen molar-refractivity contribution in [3.05, 3.63) is 59.7 Å². The van der Waals surface area contributed by atoms with Crippen LogP contribution in [-0.4, -0.2) is 100 Å². The van der Waals surface area contributed by atoms with Crippen molar-refractivity contribution in [3.63, 3.8) is 0 Å². The van der Waals surface area contributed by atoms with Crippen molar-refractivity contribution in [2.24, 2.45) is 11.8 Å². The van der Waals surface area contributed by atoms with Crippen molar-refractivity contribution in [2.75, 3.05) is 78.9 Å². The first-order valence-electron chi connectivity index (χ1n) is 16.7. The average molecular weight is 609 g/mol. The van der Waals surface area contributed by atoms with Crippen LogP contribution < -0.4 is 9.47 Å². The summed E-state index contributed by atoms with van der Waals surface area (Å²) in [4.78, 5) is 32.6. The zero-order valence-electron chi connectivity index (χ0n) is 26.8. The number of ether oxygens (including phenoxy) is 4. The van der Waals surface area contributed by atoms with Crippen molar-refractivity contribution in [1.82, 2.24) is 9.80 Å². The van der Waals surface area contributed by atoms with E-state index in [-0.39, 0.29) is 23.4 Å². The molecule has 8 nitrogen and oxygen atoms in total. The number of rotatable bonds is 19. The average Bonchev–Trinajstić information content (AvgIpc) is 3.07. The first-order valence-corrected chi connectivity index (χ1v) is 16.7. The summed E-state index contributed by atoms with van der Waals surface area (Å²) in [6.45, 7) is 13.0. The molecule has 2 aromatic rings. The van der Waals surface area contributed by atoms with Gasteiger partial charge in [-0.05, 0) is 74.2 Å². The second-order valence-electron chi connectivity index (χ2n) is 12.0. The van der Waals surface area contributed by atoms with Gasteiger partial charge in [-0.15, -0.1) is 0 Å². The number of nitrogens with zero attached hydrogens (tertiary/aromatic N) is 2. The Morgan fingerprint density at radius 2 is 1.00 bits per heavy atom. The lowest BCUT2D eigenvalue weighted by molar-refractivity contribution is 0.0254. The van der Waals surface area contributed by atoms with Gasteiger partial charge in [0.15, 0.2) is 11.6 Å². The van der Waals surface area contributed by atoms with Crippen LogP contribution in [0, 0.1) is 11.8 Å². The van der Waals surface area contributed by atoms with Gasteiger partial charge in [0.25, 0.3) is 0 Å². The van der Waals surface area contributed by atoms with Gasteiger partial charge in [-0.2, -0.15) is 0 Å². The summed E-state index contributed by atoms with van der Waals surface area (Å²) in [5.41, 5.74) is 1.39. The molecule has 2 heterocycles. The molecule has 2 aromatic carbocycles. The molecule has 0 saturated carbocycles.